The molecule has 3 unspecified atom stereocenters. The second-order valence-electron chi connectivity index (χ2n) is 41.1. The quantitative estimate of drug-likeness (QED) is 0.0229. The first-order valence-corrected chi connectivity index (χ1v) is 60.4. The highest BCUT2D eigenvalue weighted by Crippen LogP contribution is 2.61. The van der Waals surface area contributed by atoms with Gasteiger partial charge in [0, 0.05) is 32.7 Å². The number of carbonyl (C=O) groups excluding carboxylic acids is 1. The van der Waals surface area contributed by atoms with Gasteiger partial charge >= 0.3 is 33.6 Å². The van der Waals surface area contributed by atoms with Gasteiger partial charge in [0.25, 0.3) is 20.1 Å². The van der Waals surface area contributed by atoms with Crippen LogP contribution >= 0.6 is 0 Å². The van der Waals surface area contributed by atoms with Crippen molar-refractivity contribution in [2.24, 2.45) is 35.0 Å². The third-order valence-corrected chi connectivity index (χ3v) is 40.9. The molecule has 5 aliphatic heterocycles. The Balaban J connectivity index is 0.000000141. The summed E-state index contributed by atoms with van der Waals surface area (Å²) < 4.78 is 264. The monoisotopic (exact) mass is 2180 g/mol. The molecule has 4 saturated heterocycles. The summed E-state index contributed by atoms with van der Waals surface area (Å²) in [5.74, 6) is -5.03. The third-order valence-electron chi connectivity index (χ3n) is 29.3. The lowest BCUT2D eigenvalue weighted by Gasteiger charge is -2.55. The van der Waals surface area contributed by atoms with E-state index in [9.17, 15) is 96.0 Å². The van der Waals surface area contributed by atoms with E-state index in [0.29, 0.717) is 66.9 Å². The van der Waals surface area contributed by atoms with E-state index in [1.54, 1.807) is 0 Å². The number of alkyl halides is 10. The van der Waals surface area contributed by atoms with Crippen molar-refractivity contribution in [1.82, 2.24) is 19.0 Å². The molecule has 5 heterocycles. The fourth-order valence-electron chi connectivity index (χ4n) is 21.9. The number of hydrogen-bond acceptors (Lipinski definition) is 16. The number of nitrogens with zero attached hydrogens (tertiary/aromatic N) is 4. The molecule has 0 spiro atoms. The molecule has 10 aromatic carbocycles. The molecule has 5 saturated carbocycles. The van der Waals surface area contributed by atoms with Crippen LogP contribution in [0.25, 0.3) is 0 Å². The lowest BCUT2D eigenvalue weighted by Crippen LogP contribution is -2.64. The van der Waals surface area contributed by atoms with Gasteiger partial charge in [-0.2, -0.15) is 52.2 Å². The molecule has 0 radical (unpaired) electrons. The lowest BCUT2D eigenvalue weighted by molar-refractivity contribution is -0.247. The van der Waals surface area contributed by atoms with Crippen molar-refractivity contribution in [2.75, 3.05) is 59.0 Å². The highest BCUT2D eigenvalue weighted by molar-refractivity contribution is 7.98. The number of para-hydroxylation sites is 2. The molecular weight excluding hydrogens is 2050 g/mol. The Bertz CT molecular complexity index is 6350. The number of hydrogen-bond donors (Lipinski definition) is 1. The van der Waals surface area contributed by atoms with Gasteiger partial charge in [0.2, 0.25) is 9.79 Å². The van der Waals surface area contributed by atoms with Gasteiger partial charge in [-0.1, -0.05) is 226 Å². The first kappa shape index (κ1) is 115. The van der Waals surface area contributed by atoms with Crippen molar-refractivity contribution in [3.05, 3.63) is 288 Å². The van der Waals surface area contributed by atoms with Crippen molar-refractivity contribution in [3.63, 3.8) is 0 Å². The molecule has 1 N–H and O–H groups in total. The molecule has 800 valence electrons. The molecular formula is C113H133F10N4O14S7+. The predicted octanol–water partition coefficient (Wildman–Crippen LogP) is 26.4. The minimum Gasteiger partial charge on any atom is -0.745 e. The van der Waals surface area contributed by atoms with Gasteiger partial charge in [-0.05, 0) is 319 Å². The van der Waals surface area contributed by atoms with Crippen molar-refractivity contribution in [3.8, 4) is 11.5 Å². The molecule has 3 atom stereocenters. The van der Waals surface area contributed by atoms with E-state index in [1.807, 2.05) is 39.8 Å². The number of carbonyl (C=O) groups is 1. The zero-order valence-corrected chi connectivity index (χ0v) is 89.9. The average Bonchev–Trinajstić information content (AvgIpc) is 0.713. The zero-order valence-electron chi connectivity index (χ0n) is 84.2. The summed E-state index contributed by atoms with van der Waals surface area (Å²) in [6.07, 6.45) is 13.4. The number of esters is 1. The van der Waals surface area contributed by atoms with Crippen LogP contribution in [0.2, 0.25) is 0 Å². The van der Waals surface area contributed by atoms with Crippen molar-refractivity contribution in [2.45, 2.75) is 284 Å². The van der Waals surface area contributed by atoms with Crippen LogP contribution in [0.4, 0.5) is 43.9 Å². The number of rotatable bonds is 26. The number of piperidine rings is 4. The standard InChI is InChI=1S/C24H24NOS.2C24H26NS.C15H24O3S.C14H18F4O5S.C12H17F6NO5S2/c1-6-16-25(17-7-1)18-19-12-14-20(15-13-19)27-23-10-4-2-8-21(23)26-22-9-3-5-11-24(22)27;1-4-12-22(13-5-1)26(23-14-6-2-7-15-23)24-16-10-11-21(19-24)20-25-17-8-3-9-18-25;1-4-10-22(11-5-1)26(23-12-6-2-7-13-23)24-16-14-21(15-17-24)20-25-18-8-3-9-19-25;1-9(2)12-7-13(10(3)4)15(19(16,17)18)14(8-12)11(5)6;15-13(14(16,17)18,24(20,21)22)7-23-11(19)12-4-8-1-9(5-12)3-10(2-8)6-12;13-10(14,12(17,18)26(22,23)24)11(15,16)25(20,21)19-6-5-8-3-1-2-4-9(8)7-19/h2-5,8-15H,1,6-7,16-18H2;1-2,4-7,10-16,19H,3,8-9,17-18,20H2;1-2,4-7,10-17H,3,8-9,18-20H2;7-11H,1-6H3,(H,16,17,18);8-10H,1-7H2,(H,20,21,22);8-9H,1-7H2,(H,22,23,24)/q3*+1;;;/p-2. The Morgan fingerprint density at radius 1 is 0.426 bits per heavy atom. The highest BCUT2D eigenvalue weighted by Gasteiger charge is 2.81. The Labute approximate surface area is 874 Å². The minimum absolute atomic E-state index is 0.0130. The van der Waals surface area contributed by atoms with Crippen molar-refractivity contribution in [1.29, 1.82) is 0 Å². The summed E-state index contributed by atoms with van der Waals surface area (Å²) in [5.41, 5.74) is 5.84. The molecule has 20 rings (SSSR count). The van der Waals surface area contributed by atoms with E-state index in [2.05, 4.69) is 276 Å². The molecule has 0 amide bonds. The average molecular weight is 2190 g/mol. The fraction of sp³-hybridized carbons (Fsp3) is 0.460. The third kappa shape index (κ3) is 27.6. The van der Waals surface area contributed by atoms with E-state index >= 15 is 0 Å². The van der Waals surface area contributed by atoms with Gasteiger partial charge in [0.05, 0.1) is 27.2 Å². The van der Waals surface area contributed by atoms with Crippen LogP contribution in [0, 0.1) is 35.0 Å². The normalized spacial score (nSPS) is 21.0. The molecule has 0 aromatic heterocycles. The Morgan fingerprint density at radius 3 is 1.20 bits per heavy atom. The number of likely N-dealkylation sites (tertiary alicyclic amines) is 3. The Hall–Kier alpha value is -8.66. The van der Waals surface area contributed by atoms with Gasteiger partial charge in [0.1, 0.15) is 32.5 Å². The van der Waals surface area contributed by atoms with E-state index in [4.69, 9.17) is 4.74 Å². The second-order valence-corrected chi connectivity index (χ2v) is 53.4. The molecule has 9 fully saturated rings. The van der Waals surface area contributed by atoms with Gasteiger partial charge in [-0.15, -0.1) is 0 Å². The molecule has 35 heteroatoms. The van der Waals surface area contributed by atoms with Gasteiger partial charge < -0.3 is 18.6 Å². The topological polar surface area (TPSA) is 251 Å². The number of benzene rings is 10. The maximum Gasteiger partial charge on any atom is 0.439 e. The first-order chi connectivity index (χ1) is 70.2. The van der Waals surface area contributed by atoms with Crippen molar-refractivity contribution >= 4 is 79.0 Å². The summed E-state index contributed by atoms with van der Waals surface area (Å²) in [6, 6.07) is 92.1. The summed E-state index contributed by atoms with van der Waals surface area (Å²) >= 11 is 0. The highest BCUT2D eigenvalue weighted by atomic mass is 32.2. The summed E-state index contributed by atoms with van der Waals surface area (Å²) in [7, 11) is -24.4. The van der Waals surface area contributed by atoms with Crippen LogP contribution in [-0.2, 0) is 102 Å². The van der Waals surface area contributed by atoms with E-state index < -0.39 is 99.1 Å². The molecule has 10 aromatic rings. The summed E-state index contributed by atoms with van der Waals surface area (Å²) in [5, 5.41) is -18.4. The van der Waals surface area contributed by atoms with Crippen LogP contribution in [0.15, 0.2) is 304 Å². The van der Waals surface area contributed by atoms with Crippen LogP contribution in [0.1, 0.15) is 221 Å². The van der Waals surface area contributed by atoms with Gasteiger partial charge in [-0.3, -0.25) is 24.0 Å². The van der Waals surface area contributed by atoms with Crippen molar-refractivity contribution < 1.29 is 106 Å². The maximum atomic E-state index is 14.0. The van der Waals surface area contributed by atoms with E-state index in [0.717, 1.165) is 68.8 Å². The van der Waals surface area contributed by atoms with E-state index in [-0.39, 0.29) is 72.0 Å². The molecule has 5 aliphatic carbocycles. The Morgan fingerprint density at radius 2 is 0.804 bits per heavy atom. The lowest BCUT2D eigenvalue weighted by atomic mass is 9.49. The van der Waals surface area contributed by atoms with E-state index in [1.165, 1.54) is 158 Å². The summed E-state index contributed by atoms with van der Waals surface area (Å²) in [6.45, 7) is 19.4. The minimum atomic E-state index is -7.25. The van der Waals surface area contributed by atoms with Crippen LogP contribution in [-0.4, -0.2) is 159 Å². The number of ether oxygens (including phenoxy) is 2. The van der Waals surface area contributed by atoms with Gasteiger partial charge in [-0.25, -0.2) is 29.6 Å². The van der Waals surface area contributed by atoms with Crippen LogP contribution in [0.5, 0.6) is 11.5 Å². The number of sulfonamides is 1. The first-order valence-electron chi connectivity index (χ1n) is 51.0. The molecule has 10 aliphatic rings. The molecule has 4 bridgehead atoms. The summed E-state index contributed by atoms with van der Waals surface area (Å²) in [4.78, 5) is 32.5. The predicted molar refractivity (Wildman–Crippen MR) is 557 cm³/mol. The van der Waals surface area contributed by atoms with Gasteiger partial charge in [0.15, 0.2) is 55.9 Å². The smallest absolute Gasteiger partial charge is 0.439 e. The molecule has 148 heavy (non-hydrogen) atoms. The maximum absolute atomic E-state index is 14.0. The largest absolute Gasteiger partial charge is 0.745 e. The second kappa shape index (κ2) is 49.6. The fourth-order valence-corrected chi connectivity index (χ4v) is 32.0. The number of fused-ring (bicyclic) bond motifs is 3. The SMILES string of the molecule is CC(C)c1cc(C(C)C)c(S(=O)(=O)O)c(C(C)C)c1.O=C(OCC(F)(C(F)(F)F)S(=O)(=O)[O-])C12CC3CC(CC(C3)C1)C2.O=S(=O)([O-])C(F)(F)C(F)(F)C(F)(F)S(=O)(=O)N1CCC2CCCCC2C1.c1ccc([S+](c2ccccc2)c2ccc(CN3CCCCC3)cc2)cc1.c1ccc([S+](c2ccccc2)c2cccc(CN3CCCCC3)c2)cc1.c1ccc2c(c1)Oc1ccccc1[S+]2c1ccc(CN2CCCCC2)cc1. The zero-order chi connectivity index (χ0) is 106. The Kier molecular flexibility index (Phi) is 38.5. The van der Waals surface area contributed by atoms with Crippen LogP contribution < -0.4 is 4.74 Å². The molecule has 18 nitrogen and oxygen atoms in total. The number of halogens is 10. The van der Waals surface area contributed by atoms with Crippen LogP contribution in [0.3, 0.4) is 0 Å².